The number of aromatic nitrogens is 2. The van der Waals surface area contributed by atoms with Gasteiger partial charge in [0, 0.05) is 44.0 Å². The number of pyridine rings is 1. The van der Waals surface area contributed by atoms with Crippen molar-refractivity contribution in [3.05, 3.63) is 83.9 Å². The number of methoxy groups -OCH3 is 2. The Morgan fingerprint density at radius 2 is 1.94 bits per heavy atom. The van der Waals surface area contributed by atoms with E-state index < -0.39 is 0 Å². The van der Waals surface area contributed by atoms with Crippen molar-refractivity contribution in [1.82, 2.24) is 19.8 Å². The van der Waals surface area contributed by atoms with Gasteiger partial charge in [-0.2, -0.15) is 0 Å². The zero-order chi connectivity index (χ0) is 22.5. The lowest BCUT2D eigenvalue weighted by Crippen LogP contribution is -2.32. The van der Waals surface area contributed by atoms with E-state index in [1.54, 1.807) is 25.4 Å². The quantitative estimate of drug-likeness (QED) is 0.319. The molecule has 1 saturated heterocycles. The summed E-state index contributed by atoms with van der Waals surface area (Å²) in [6.07, 6.45) is 4.68. The van der Waals surface area contributed by atoms with Crippen LogP contribution in [0.2, 0.25) is 0 Å². The summed E-state index contributed by atoms with van der Waals surface area (Å²) in [5.41, 5.74) is 3.48. The van der Waals surface area contributed by atoms with Crippen LogP contribution in [0.3, 0.4) is 0 Å². The highest BCUT2D eigenvalue weighted by atomic mass is 32.1. The summed E-state index contributed by atoms with van der Waals surface area (Å²) < 4.78 is 12.2. The highest BCUT2D eigenvalue weighted by molar-refractivity contribution is 7.80. The predicted octanol–water partition coefficient (Wildman–Crippen LogP) is 3.67. The molecule has 2 atom stereocenters. The first-order valence-electron chi connectivity index (χ1n) is 10.5. The predicted molar refractivity (Wildman–Crippen MR) is 126 cm³/mol. The fraction of sp³-hybridized carbons (Fsp3) is 0.292. The zero-order valence-electron chi connectivity index (χ0n) is 18.1. The van der Waals surface area contributed by atoms with Gasteiger partial charge in [-0.1, -0.05) is 6.07 Å². The minimum atomic E-state index is -0.353. The first-order valence-corrected chi connectivity index (χ1v) is 10.9. The van der Waals surface area contributed by atoms with Crippen molar-refractivity contribution in [2.45, 2.75) is 18.5 Å². The topological polar surface area (TPSA) is 68.6 Å². The monoisotopic (exact) mass is 450 g/mol. The minimum absolute atomic E-state index is 0.0514. The molecule has 1 aliphatic heterocycles. The fourth-order valence-electron chi connectivity index (χ4n) is 4.09. The number of ether oxygens (including phenoxy) is 2. The Morgan fingerprint density at radius 1 is 1.12 bits per heavy atom. The second-order valence-corrected chi connectivity index (χ2v) is 7.89. The van der Waals surface area contributed by atoms with Crippen LogP contribution < -0.4 is 5.32 Å². The number of hydrogen-bond donors (Lipinski definition) is 1. The molecule has 1 aliphatic rings. The molecule has 8 heteroatoms. The summed E-state index contributed by atoms with van der Waals surface area (Å²) >= 11 is 5.72. The summed E-state index contributed by atoms with van der Waals surface area (Å²) in [6, 6.07) is 17.3. The van der Waals surface area contributed by atoms with Crippen molar-refractivity contribution >= 4 is 23.3 Å². The maximum atomic E-state index is 11.8. The zero-order valence-corrected chi connectivity index (χ0v) is 18.9. The van der Waals surface area contributed by atoms with E-state index in [-0.39, 0.29) is 18.1 Å². The van der Waals surface area contributed by atoms with Crippen LogP contribution in [0.1, 0.15) is 40.3 Å². The number of carbonyl (C=O) groups excluding carboxylic acids is 1. The molecule has 7 nitrogen and oxygen atoms in total. The molecule has 0 bridgehead atoms. The van der Waals surface area contributed by atoms with Gasteiger partial charge in [0.1, 0.15) is 0 Å². The van der Waals surface area contributed by atoms with Crippen LogP contribution in [0.4, 0.5) is 0 Å². The molecule has 1 N–H and O–H groups in total. The van der Waals surface area contributed by atoms with Gasteiger partial charge in [0.25, 0.3) is 0 Å². The Morgan fingerprint density at radius 3 is 2.62 bits per heavy atom. The van der Waals surface area contributed by atoms with Crippen LogP contribution in [0.15, 0.2) is 67.0 Å². The first-order chi connectivity index (χ1) is 15.6. The van der Waals surface area contributed by atoms with Crippen molar-refractivity contribution < 1.29 is 14.3 Å². The molecule has 1 fully saturated rings. The van der Waals surface area contributed by atoms with Crippen molar-refractivity contribution in [3.8, 4) is 5.69 Å². The number of benzene rings is 1. The van der Waals surface area contributed by atoms with Gasteiger partial charge in [-0.25, -0.2) is 4.79 Å². The highest BCUT2D eigenvalue weighted by Crippen LogP contribution is 2.39. The van der Waals surface area contributed by atoms with E-state index in [9.17, 15) is 4.79 Å². The number of rotatable bonds is 8. The molecule has 0 amide bonds. The minimum Gasteiger partial charge on any atom is -0.465 e. The van der Waals surface area contributed by atoms with Crippen LogP contribution >= 0.6 is 12.2 Å². The highest BCUT2D eigenvalue weighted by Gasteiger charge is 2.40. The number of hydrogen-bond acceptors (Lipinski definition) is 5. The molecule has 3 aromatic rings. The van der Waals surface area contributed by atoms with E-state index in [0.29, 0.717) is 17.3 Å². The molecule has 0 radical (unpaired) electrons. The lowest BCUT2D eigenvalue weighted by Gasteiger charge is -2.29. The van der Waals surface area contributed by atoms with Gasteiger partial charge in [0.15, 0.2) is 5.11 Å². The number of thiocarbonyl (C=S) groups is 1. The largest absolute Gasteiger partial charge is 0.465 e. The molecule has 32 heavy (non-hydrogen) atoms. The van der Waals surface area contributed by atoms with Gasteiger partial charge in [0.05, 0.1) is 30.5 Å². The molecule has 3 heterocycles. The normalized spacial score (nSPS) is 17.9. The van der Waals surface area contributed by atoms with Gasteiger partial charge < -0.3 is 24.3 Å². The number of nitrogens with one attached hydrogen (secondary N) is 1. The van der Waals surface area contributed by atoms with Gasteiger partial charge in [-0.15, -0.1) is 0 Å². The SMILES string of the molecule is COCCCN1C(=S)NC(c2ccccn2)C1c1cccn1-c1ccc(C(=O)OC)cc1. The van der Waals surface area contributed by atoms with Gasteiger partial charge in [-0.3, -0.25) is 4.98 Å². The van der Waals surface area contributed by atoms with Crippen LogP contribution in [0.5, 0.6) is 0 Å². The fourth-order valence-corrected chi connectivity index (χ4v) is 4.43. The maximum absolute atomic E-state index is 11.8. The van der Waals surface area contributed by atoms with E-state index in [1.807, 2.05) is 42.6 Å². The van der Waals surface area contributed by atoms with Gasteiger partial charge in [0.2, 0.25) is 0 Å². The average molecular weight is 451 g/mol. The average Bonchev–Trinajstić information content (AvgIpc) is 3.44. The van der Waals surface area contributed by atoms with Gasteiger partial charge in [-0.05, 0) is 67.2 Å². The summed E-state index contributed by atoms with van der Waals surface area (Å²) in [4.78, 5) is 18.6. The lowest BCUT2D eigenvalue weighted by atomic mass is 10.0. The molecular formula is C24H26N4O3S. The van der Waals surface area contributed by atoms with E-state index in [0.717, 1.165) is 30.0 Å². The molecule has 0 saturated carbocycles. The van der Waals surface area contributed by atoms with Gasteiger partial charge >= 0.3 is 5.97 Å². The Labute approximate surface area is 193 Å². The Balaban J connectivity index is 1.72. The van der Waals surface area contributed by atoms with E-state index >= 15 is 0 Å². The third kappa shape index (κ3) is 4.37. The van der Waals surface area contributed by atoms with E-state index in [2.05, 4.69) is 25.8 Å². The van der Waals surface area contributed by atoms with E-state index in [4.69, 9.17) is 21.7 Å². The second-order valence-electron chi connectivity index (χ2n) is 7.51. The van der Waals surface area contributed by atoms with Crippen molar-refractivity contribution in [2.75, 3.05) is 27.4 Å². The molecule has 166 valence electrons. The van der Waals surface area contributed by atoms with Crippen LogP contribution in [0, 0.1) is 0 Å². The molecule has 2 unspecified atom stereocenters. The van der Waals surface area contributed by atoms with Crippen LogP contribution in [0.25, 0.3) is 5.69 Å². The smallest absolute Gasteiger partial charge is 0.337 e. The molecule has 0 aliphatic carbocycles. The summed E-state index contributed by atoms with van der Waals surface area (Å²) in [7, 11) is 3.09. The standard InChI is InChI=1S/C24H26N4O3S/c1-30-16-6-15-28-22(21(26-24(28)32)19-7-3-4-13-25-19)20-8-5-14-27(20)18-11-9-17(10-12-18)23(29)31-2/h3-5,7-14,21-22H,6,15-16H2,1-2H3,(H,26,32). The summed E-state index contributed by atoms with van der Waals surface area (Å²) in [5, 5.41) is 4.18. The van der Waals surface area contributed by atoms with Crippen molar-refractivity contribution in [1.29, 1.82) is 0 Å². The molecular weight excluding hydrogens is 424 g/mol. The third-order valence-electron chi connectivity index (χ3n) is 5.60. The van der Waals surface area contributed by atoms with Crippen molar-refractivity contribution in [2.24, 2.45) is 0 Å². The number of carbonyl (C=O) groups is 1. The van der Waals surface area contributed by atoms with Crippen LogP contribution in [-0.4, -0.2) is 52.9 Å². The molecule has 0 spiro atoms. The second kappa shape index (κ2) is 9.93. The van der Waals surface area contributed by atoms with Crippen LogP contribution in [-0.2, 0) is 9.47 Å². The Kier molecular flexibility index (Phi) is 6.82. The lowest BCUT2D eigenvalue weighted by molar-refractivity contribution is 0.0600. The number of nitrogens with zero attached hydrogens (tertiary/aromatic N) is 3. The third-order valence-corrected chi connectivity index (χ3v) is 5.95. The maximum Gasteiger partial charge on any atom is 0.337 e. The Bertz CT molecular complexity index is 1070. The summed E-state index contributed by atoms with van der Waals surface area (Å²) in [6.45, 7) is 1.43. The molecule has 2 aromatic heterocycles. The number of esters is 1. The molecule has 1 aromatic carbocycles. The molecule has 4 rings (SSSR count). The summed E-state index contributed by atoms with van der Waals surface area (Å²) in [5.74, 6) is -0.353. The Hall–Kier alpha value is -3.23. The van der Waals surface area contributed by atoms with Crippen molar-refractivity contribution in [3.63, 3.8) is 0 Å². The first kappa shape index (κ1) is 22.0. The van der Waals surface area contributed by atoms with E-state index in [1.165, 1.54) is 7.11 Å².